The number of benzene rings is 2. The molecule has 4 rings (SSSR count). The summed E-state index contributed by atoms with van der Waals surface area (Å²) in [7, 11) is 0. The van der Waals surface area contributed by atoms with Crippen LogP contribution in [0, 0.1) is 0 Å². The minimum absolute atomic E-state index is 0.0390. The van der Waals surface area contributed by atoms with Gasteiger partial charge in [0.15, 0.2) is 11.5 Å². The van der Waals surface area contributed by atoms with Crippen LogP contribution >= 0.6 is 0 Å². The lowest BCUT2D eigenvalue weighted by atomic mass is 10.1. The summed E-state index contributed by atoms with van der Waals surface area (Å²) in [6.07, 6.45) is 9.00. The Bertz CT molecular complexity index is 1230. The van der Waals surface area contributed by atoms with Crippen LogP contribution < -0.4 is 4.90 Å². The van der Waals surface area contributed by atoms with Gasteiger partial charge in [-0.2, -0.15) is 0 Å². The number of carbonyl (C=O) groups is 1. The van der Waals surface area contributed by atoms with E-state index in [2.05, 4.69) is 36.1 Å². The fourth-order valence-electron chi connectivity index (χ4n) is 4.45. The van der Waals surface area contributed by atoms with E-state index in [0.29, 0.717) is 49.8 Å². The van der Waals surface area contributed by atoms with Gasteiger partial charge in [-0.25, -0.2) is 0 Å². The number of piperazine rings is 1. The Hall–Kier alpha value is -4.45. The highest BCUT2D eigenvalue weighted by atomic mass is 16.7. The van der Waals surface area contributed by atoms with E-state index in [-0.39, 0.29) is 12.7 Å². The van der Waals surface area contributed by atoms with E-state index in [1.807, 2.05) is 71.8 Å². The van der Waals surface area contributed by atoms with Gasteiger partial charge in [0.25, 0.3) is 5.91 Å². The molecule has 1 amide bonds. The number of hydrogen-bond acceptors (Lipinski definition) is 5. The van der Waals surface area contributed by atoms with Crippen LogP contribution in [-0.2, 0) is 16.0 Å². The molecule has 6 nitrogen and oxygen atoms in total. The average molecular weight is 496 g/mol. The Kier molecular flexibility index (Phi) is 8.31. The smallest absolute Gasteiger partial charge is 0.253 e. The summed E-state index contributed by atoms with van der Waals surface area (Å²) < 4.78 is 10.9. The van der Waals surface area contributed by atoms with Gasteiger partial charge in [-0.05, 0) is 47.7 Å². The summed E-state index contributed by atoms with van der Waals surface area (Å²) in [5.74, 6) is 1.31. The van der Waals surface area contributed by atoms with Crippen molar-refractivity contribution in [3.63, 3.8) is 0 Å². The molecule has 2 aromatic rings. The maximum atomic E-state index is 13.2. The van der Waals surface area contributed by atoms with Crippen molar-refractivity contribution in [3.05, 3.63) is 133 Å². The number of para-hydroxylation sites is 1. The number of carbonyl (C=O) groups excluding carboxylic acids is 1. The molecule has 0 saturated carbocycles. The Morgan fingerprint density at radius 1 is 0.865 bits per heavy atom. The molecule has 2 aliphatic heterocycles. The lowest BCUT2D eigenvalue weighted by Crippen LogP contribution is -2.48. The Balaban J connectivity index is 1.37. The second-order valence-corrected chi connectivity index (χ2v) is 8.66. The average Bonchev–Trinajstić information content (AvgIpc) is 3.42. The van der Waals surface area contributed by atoms with Gasteiger partial charge in [0, 0.05) is 55.7 Å². The molecule has 0 spiro atoms. The first kappa shape index (κ1) is 25.6. The van der Waals surface area contributed by atoms with E-state index in [1.54, 1.807) is 12.2 Å². The van der Waals surface area contributed by atoms with Crippen molar-refractivity contribution in [1.82, 2.24) is 9.80 Å². The van der Waals surface area contributed by atoms with Crippen LogP contribution in [-0.4, -0.2) is 48.7 Å². The second-order valence-electron chi connectivity index (χ2n) is 8.66. The summed E-state index contributed by atoms with van der Waals surface area (Å²) in [6, 6.07) is 15.9. The van der Waals surface area contributed by atoms with E-state index in [0.717, 1.165) is 22.5 Å². The third-order valence-electron chi connectivity index (χ3n) is 6.52. The molecule has 0 unspecified atom stereocenters. The quantitative estimate of drug-likeness (QED) is 0.395. The van der Waals surface area contributed by atoms with Gasteiger partial charge in [0.05, 0.1) is 0 Å². The summed E-state index contributed by atoms with van der Waals surface area (Å²) in [5.41, 5.74) is 4.80. The predicted molar refractivity (Wildman–Crippen MR) is 149 cm³/mol. The largest absolute Gasteiger partial charge is 0.454 e. The summed E-state index contributed by atoms with van der Waals surface area (Å²) >= 11 is 0. The molecule has 2 aromatic carbocycles. The zero-order valence-electron chi connectivity index (χ0n) is 21.1. The number of amides is 1. The van der Waals surface area contributed by atoms with Crippen molar-refractivity contribution in [3.8, 4) is 0 Å². The molecule has 190 valence electrons. The van der Waals surface area contributed by atoms with Crippen LogP contribution in [0.25, 0.3) is 6.08 Å². The number of ether oxygens (including phenoxy) is 2. The van der Waals surface area contributed by atoms with Crippen LogP contribution in [0.3, 0.4) is 0 Å². The zero-order chi connectivity index (χ0) is 26.2. The Morgan fingerprint density at radius 3 is 2.19 bits per heavy atom. The van der Waals surface area contributed by atoms with Crippen molar-refractivity contribution in [2.24, 2.45) is 0 Å². The summed E-state index contributed by atoms with van der Waals surface area (Å²) in [4.78, 5) is 19.3. The highest BCUT2D eigenvalue weighted by molar-refractivity contribution is 5.94. The molecule has 0 aromatic heterocycles. The Morgan fingerprint density at radius 2 is 1.54 bits per heavy atom. The van der Waals surface area contributed by atoms with Gasteiger partial charge in [-0.3, -0.25) is 4.79 Å². The van der Waals surface area contributed by atoms with E-state index >= 15 is 0 Å². The lowest BCUT2D eigenvalue weighted by Gasteiger charge is -2.36. The normalized spacial score (nSPS) is 15.5. The van der Waals surface area contributed by atoms with Crippen molar-refractivity contribution in [2.45, 2.75) is 6.54 Å². The van der Waals surface area contributed by atoms with Gasteiger partial charge in [-0.15, -0.1) is 0 Å². The molecule has 2 heterocycles. The molecular formula is C31H33N3O3. The third-order valence-corrected chi connectivity index (χ3v) is 6.52. The maximum absolute atomic E-state index is 13.2. The first-order valence-corrected chi connectivity index (χ1v) is 12.3. The molecule has 0 bridgehead atoms. The van der Waals surface area contributed by atoms with Gasteiger partial charge in [0.1, 0.15) is 0 Å². The van der Waals surface area contributed by atoms with Gasteiger partial charge >= 0.3 is 0 Å². The zero-order valence-corrected chi connectivity index (χ0v) is 21.1. The van der Waals surface area contributed by atoms with Crippen LogP contribution in [0.2, 0.25) is 0 Å². The SMILES string of the molecule is C=CC1=C(/C=C(\C=C)N2CCN(C(=O)c3ccc(CN(C=C)c4ccccc4C=C)cc3)CC2)OCO1. The van der Waals surface area contributed by atoms with Crippen LogP contribution in [0.5, 0.6) is 0 Å². The number of allylic oxidation sites excluding steroid dienone is 3. The van der Waals surface area contributed by atoms with E-state index in [4.69, 9.17) is 9.47 Å². The highest BCUT2D eigenvalue weighted by Crippen LogP contribution is 2.25. The monoisotopic (exact) mass is 495 g/mol. The van der Waals surface area contributed by atoms with Crippen LogP contribution in [0.1, 0.15) is 21.5 Å². The predicted octanol–water partition coefficient (Wildman–Crippen LogP) is 5.71. The minimum Gasteiger partial charge on any atom is -0.454 e. The number of hydrogen-bond donors (Lipinski definition) is 0. The first-order valence-electron chi connectivity index (χ1n) is 12.3. The molecule has 0 atom stereocenters. The number of rotatable bonds is 10. The molecule has 1 fully saturated rings. The van der Waals surface area contributed by atoms with Crippen molar-refractivity contribution >= 4 is 17.7 Å². The molecule has 0 N–H and O–H groups in total. The summed E-state index contributed by atoms with van der Waals surface area (Å²) in [6.45, 7) is 19.1. The molecule has 37 heavy (non-hydrogen) atoms. The number of nitrogens with zero attached hydrogens (tertiary/aromatic N) is 3. The molecule has 2 aliphatic rings. The fraction of sp³-hybridized carbons (Fsp3) is 0.194. The third kappa shape index (κ3) is 5.86. The van der Waals surface area contributed by atoms with E-state index in [1.165, 1.54) is 0 Å². The molecule has 0 radical (unpaired) electrons. The summed E-state index contributed by atoms with van der Waals surface area (Å²) in [5, 5.41) is 0. The molecule has 0 aliphatic carbocycles. The van der Waals surface area contributed by atoms with Crippen molar-refractivity contribution < 1.29 is 14.3 Å². The molecule has 1 saturated heterocycles. The Labute approximate surface area is 219 Å². The molecular weight excluding hydrogens is 462 g/mol. The van der Waals surface area contributed by atoms with Gasteiger partial charge in [-0.1, -0.05) is 62.7 Å². The van der Waals surface area contributed by atoms with Crippen molar-refractivity contribution in [2.75, 3.05) is 37.9 Å². The fourth-order valence-corrected chi connectivity index (χ4v) is 4.45. The lowest BCUT2D eigenvalue weighted by molar-refractivity contribution is 0.0668. The van der Waals surface area contributed by atoms with Gasteiger partial charge < -0.3 is 24.2 Å². The van der Waals surface area contributed by atoms with Crippen LogP contribution in [0.4, 0.5) is 5.69 Å². The standard InChI is InChI=1S/C31H33N3O3/c1-5-25-11-9-10-12-28(25)32(8-4)22-24-13-15-26(16-14-24)31(35)34-19-17-33(18-20-34)27(6-2)21-30-29(7-3)36-23-37-30/h5-16,21H,1-4,17-20,22-23H2/b27-21+. The minimum atomic E-state index is 0.0390. The van der Waals surface area contributed by atoms with E-state index < -0.39 is 0 Å². The van der Waals surface area contributed by atoms with Gasteiger partial charge in [0.2, 0.25) is 6.79 Å². The maximum Gasteiger partial charge on any atom is 0.253 e. The molecule has 6 heteroatoms. The van der Waals surface area contributed by atoms with E-state index in [9.17, 15) is 4.79 Å². The highest BCUT2D eigenvalue weighted by Gasteiger charge is 2.24. The van der Waals surface area contributed by atoms with Crippen molar-refractivity contribution in [1.29, 1.82) is 0 Å². The topological polar surface area (TPSA) is 45.2 Å². The number of anilines is 1. The second kappa shape index (κ2) is 12.0. The van der Waals surface area contributed by atoms with Crippen LogP contribution in [0.15, 0.2) is 116 Å². The first-order chi connectivity index (χ1) is 18.1.